The monoisotopic (exact) mass is 473 g/mol. The maximum Gasteiger partial charge on any atom is 0.247 e. The fourth-order valence-corrected chi connectivity index (χ4v) is 5.16. The number of ketones is 1. The first-order chi connectivity index (χ1) is 16.7. The first-order valence-corrected chi connectivity index (χ1v) is 12.4. The standard InChI is InChI=1S/C29H35N3O3/c1-19(2)16-26(27(34)18-33)32-15-14-29(30,28(32)35)23-12-9-21(10-13-23)8-11-22-17-20(3)31-25-7-5-4-6-24(22)25/h4-7,9-10,12-13,17,19,26,33H,8,11,14-16,18,30H2,1-3H3/t26-,29-/m1/s1. The van der Waals surface area contributed by atoms with Gasteiger partial charge in [-0.3, -0.25) is 14.6 Å². The summed E-state index contributed by atoms with van der Waals surface area (Å²) in [6.07, 6.45) is 2.72. The van der Waals surface area contributed by atoms with Crippen molar-refractivity contribution in [3.05, 3.63) is 77.0 Å². The van der Waals surface area contributed by atoms with Crippen LogP contribution in [0.5, 0.6) is 0 Å². The number of carbonyl (C=O) groups is 2. The minimum Gasteiger partial charge on any atom is -0.389 e. The largest absolute Gasteiger partial charge is 0.389 e. The van der Waals surface area contributed by atoms with E-state index in [0.717, 1.165) is 29.6 Å². The van der Waals surface area contributed by atoms with Crippen molar-refractivity contribution in [2.75, 3.05) is 13.2 Å². The number of carbonyl (C=O) groups excluding carboxylic acids is 2. The minimum atomic E-state index is -1.15. The van der Waals surface area contributed by atoms with Crippen molar-refractivity contribution in [2.45, 2.75) is 58.0 Å². The van der Waals surface area contributed by atoms with Gasteiger partial charge in [0, 0.05) is 17.6 Å². The van der Waals surface area contributed by atoms with Gasteiger partial charge in [-0.05, 0) is 67.3 Å². The van der Waals surface area contributed by atoms with Crippen LogP contribution in [0.25, 0.3) is 10.9 Å². The van der Waals surface area contributed by atoms with Crippen LogP contribution < -0.4 is 5.73 Å². The molecule has 3 N–H and O–H groups in total. The molecule has 184 valence electrons. The molecule has 2 aromatic carbocycles. The Morgan fingerprint density at radius 2 is 1.86 bits per heavy atom. The number of fused-ring (bicyclic) bond motifs is 1. The van der Waals surface area contributed by atoms with E-state index in [1.54, 1.807) is 4.90 Å². The lowest BCUT2D eigenvalue weighted by Gasteiger charge is -2.30. The van der Waals surface area contributed by atoms with Gasteiger partial charge in [-0.1, -0.05) is 56.3 Å². The van der Waals surface area contributed by atoms with Gasteiger partial charge in [0.15, 0.2) is 5.78 Å². The zero-order valence-electron chi connectivity index (χ0n) is 20.8. The molecule has 6 heteroatoms. The minimum absolute atomic E-state index is 0.219. The Labute approximate surface area is 207 Å². The number of aromatic nitrogens is 1. The molecule has 1 aliphatic rings. The van der Waals surface area contributed by atoms with Crippen molar-refractivity contribution < 1.29 is 14.7 Å². The van der Waals surface area contributed by atoms with E-state index in [1.165, 1.54) is 16.5 Å². The molecule has 3 aromatic rings. The molecule has 0 spiro atoms. The summed E-state index contributed by atoms with van der Waals surface area (Å²) in [5.74, 6) is -0.349. The van der Waals surface area contributed by atoms with Crippen LogP contribution in [0.4, 0.5) is 0 Å². The van der Waals surface area contributed by atoms with E-state index in [0.29, 0.717) is 19.4 Å². The molecule has 4 rings (SSSR count). The second-order valence-electron chi connectivity index (χ2n) is 10.1. The van der Waals surface area contributed by atoms with Crippen LogP contribution in [0.1, 0.15) is 49.1 Å². The highest BCUT2D eigenvalue weighted by Gasteiger charge is 2.48. The first kappa shape index (κ1) is 25.0. The number of amides is 1. The number of Topliss-reactive ketones (excluding diaryl/α,β-unsaturated/α-hetero) is 1. The number of benzene rings is 2. The number of hydrogen-bond acceptors (Lipinski definition) is 5. The summed E-state index contributed by atoms with van der Waals surface area (Å²) in [5, 5.41) is 10.6. The predicted octanol–water partition coefficient (Wildman–Crippen LogP) is 3.69. The van der Waals surface area contributed by atoms with Crippen molar-refractivity contribution in [3.8, 4) is 0 Å². The average Bonchev–Trinajstić information content (AvgIpc) is 3.15. The Kier molecular flexibility index (Phi) is 7.33. The Morgan fingerprint density at radius 1 is 1.14 bits per heavy atom. The molecule has 6 nitrogen and oxygen atoms in total. The maximum atomic E-state index is 13.4. The van der Waals surface area contributed by atoms with Crippen LogP contribution in [0.15, 0.2) is 54.6 Å². The molecule has 1 aromatic heterocycles. The average molecular weight is 474 g/mol. The van der Waals surface area contributed by atoms with Gasteiger partial charge in [-0.15, -0.1) is 0 Å². The van der Waals surface area contributed by atoms with Crippen LogP contribution in [-0.2, 0) is 28.0 Å². The zero-order valence-corrected chi connectivity index (χ0v) is 20.8. The van der Waals surface area contributed by atoms with Crippen molar-refractivity contribution >= 4 is 22.6 Å². The molecule has 0 aliphatic carbocycles. The summed E-state index contributed by atoms with van der Waals surface area (Å²) < 4.78 is 0. The summed E-state index contributed by atoms with van der Waals surface area (Å²) in [6.45, 7) is 5.87. The number of hydrogen-bond donors (Lipinski definition) is 2. The fraction of sp³-hybridized carbons (Fsp3) is 0.414. The molecule has 1 aliphatic heterocycles. The van der Waals surface area contributed by atoms with Crippen LogP contribution in [-0.4, -0.2) is 45.9 Å². The highest BCUT2D eigenvalue weighted by atomic mass is 16.3. The summed E-state index contributed by atoms with van der Waals surface area (Å²) in [5.41, 5.74) is 10.7. The molecule has 35 heavy (non-hydrogen) atoms. The van der Waals surface area contributed by atoms with Gasteiger partial charge >= 0.3 is 0 Å². The Morgan fingerprint density at radius 3 is 2.54 bits per heavy atom. The number of pyridine rings is 1. The van der Waals surface area contributed by atoms with Crippen molar-refractivity contribution in [2.24, 2.45) is 11.7 Å². The number of aliphatic hydroxyl groups excluding tert-OH is 1. The fourth-order valence-electron chi connectivity index (χ4n) is 5.16. The number of aryl methyl sites for hydroxylation is 3. The van der Waals surface area contributed by atoms with Gasteiger partial charge in [0.25, 0.3) is 0 Å². The van der Waals surface area contributed by atoms with E-state index in [-0.39, 0.29) is 17.6 Å². The van der Waals surface area contributed by atoms with Crippen LogP contribution >= 0.6 is 0 Å². The maximum absolute atomic E-state index is 13.4. The lowest BCUT2D eigenvalue weighted by Crippen LogP contribution is -2.50. The molecular formula is C29H35N3O3. The van der Waals surface area contributed by atoms with Crippen molar-refractivity contribution in [3.63, 3.8) is 0 Å². The predicted molar refractivity (Wildman–Crippen MR) is 138 cm³/mol. The second kappa shape index (κ2) is 10.3. The molecule has 0 bridgehead atoms. The molecule has 1 saturated heterocycles. The summed E-state index contributed by atoms with van der Waals surface area (Å²) >= 11 is 0. The number of nitrogens with two attached hydrogens (primary N) is 1. The molecule has 1 amide bonds. The number of rotatable bonds is 9. The zero-order chi connectivity index (χ0) is 25.2. The van der Waals surface area contributed by atoms with Gasteiger partial charge < -0.3 is 15.7 Å². The lowest BCUT2D eigenvalue weighted by atomic mass is 9.88. The summed E-state index contributed by atoms with van der Waals surface area (Å²) in [4.78, 5) is 32.0. The molecule has 2 atom stereocenters. The highest BCUT2D eigenvalue weighted by molar-refractivity contribution is 5.95. The SMILES string of the molecule is Cc1cc(CCc2ccc([C@]3(N)CCN([C@H](CC(C)C)C(=O)CO)C3=O)cc2)c2ccccc2n1. The lowest BCUT2D eigenvalue weighted by molar-refractivity contribution is -0.141. The first-order valence-electron chi connectivity index (χ1n) is 12.4. The molecule has 1 fully saturated rings. The normalized spacial score (nSPS) is 19.0. The van der Waals surface area contributed by atoms with Gasteiger partial charge in [0.05, 0.1) is 11.6 Å². The van der Waals surface area contributed by atoms with Crippen molar-refractivity contribution in [1.82, 2.24) is 9.88 Å². The van der Waals surface area contributed by atoms with Gasteiger partial charge in [-0.25, -0.2) is 0 Å². The van der Waals surface area contributed by atoms with Crippen LogP contribution in [0.3, 0.4) is 0 Å². The second-order valence-corrected chi connectivity index (χ2v) is 10.1. The van der Waals surface area contributed by atoms with Crippen LogP contribution in [0.2, 0.25) is 0 Å². The van der Waals surface area contributed by atoms with Crippen molar-refractivity contribution in [1.29, 1.82) is 0 Å². The number of para-hydroxylation sites is 1. The third kappa shape index (κ3) is 5.14. The van der Waals surface area contributed by atoms with Crippen LogP contribution in [0, 0.1) is 12.8 Å². The number of nitrogens with zero attached hydrogens (tertiary/aromatic N) is 2. The van der Waals surface area contributed by atoms with E-state index in [1.807, 2.05) is 63.2 Å². The molecule has 2 heterocycles. The number of aliphatic hydroxyl groups is 1. The van der Waals surface area contributed by atoms with E-state index in [2.05, 4.69) is 17.1 Å². The van der Waals surface area contributed by atoms with Gasteiger partial charge in [0.1, 0.15) is 12.1 Å². The summed E-state index contributed by atoms with van der Waals surface area (Å²) in [7, 11) is 0. The molecule has 0 unspecified atom stereocenters. The van der Waals surface area contributed by atoms with E-state index in [4.69, 9.17) is 5.73 Å². The van der Waals surface area contributed by atoms with E-state index >= 15 is 0 Å². The highest BCUT2D eigenvalue weighted by Crippen LogP contribution is 2.34. The van der Waals surface area contributed by atoms with E-state index < -0.39 is 18.2 Å². The summed E-state index contributed by atoms with van der Waals surface area (Å²) in [6, 6.07) is 17.7. The molecule has 0 saturated carbocycles. The Balaban J connectivity index is 1.49. The molecular weight excluding hydrogens is 438 g/mol. The molecule has 0 radical (unpaired) electrons. The topological polar surface area (TPSA) is 96.5 Å². The van der Waals surface area contributed by atoms with E-state index in [9.17, 15) is 14.7 Å². The Bertz CT molecular complexity index is 1220. The third-order valence-electron chi connectivity index (χ3n) is 7.07. The van der Waals surface area contributed by atoms with Gasteiger partial charge in [0.2, 0.25) is 5.91 Å². The smallest absolute Gasteiger partial charge is 0.247 e. The third-order valence-corrected chi connectivity index (χ3v) is 7.07. The Hall–Kier alpha value is -3.09. The van der Waals surface area contributed by atoms with Gasteiger partial charge in [-0.2, -0.15) is 0 Å². The number of likely N-dealkylation sites (tertiary alicyclic amines) is 1. The quantitative estimate of drug-likeness (QED) is 0.494.